The molecule has 23 heavy (non-hydrogen) atoms. The third kappa shape index (κ3) is 3.69. The molecule has 1 aromatic rings. The van der Waals surface area contributed by atoms with Gasteiger partial charge in [0.15, 0.2) is 6.23 Å². The molecule has 0 unspecified atom stereocenters. The third-order valence-electron chi connectivity index (χ3n) is 3.43. The van der Waals surface area contributed by atoms with E-state index in [1.165, 1.54) is 13.1 Å². The van der Waals surface area contributed by atoms with Crippen LogP contribution in [0.3, 0.4) is 0 Å². The van der Waals surface area contributed by atoms with Gasteiger partial charge >= 0.3 is 11.7 Å². The van der Waals surface area contributed by atoms with Crippen LogP contribution in [0.25, 0.3) is 0 Å². The molecular weight excluding hydrogens is 308 g/mol. The molecule has 0 radical (unpaired) electrons. The highest BCUT2D eigenvalue weighted by atomic mass is 16.6. The van der Waals surface area contributed by atoms with Gasteiger partial charge in [0.1, 0.15) is 18.8 Å². The largest absolute Gasteiger partial charge is 0.464 e. The molecule has 2 N–H and O–H groups in total. The van der Waals surface area contributed by atoms with E-state index < -0.39 is 48.4 Å². The van der Waals surface area contributed by atoms with E-state index in [0.717, 1.165) is 4.57 Å². The van der Waals surface area contributed by atoms with Crippen LogP contribution in [-0.4, -0.2) is 52.2 Å². The second kappa shape index (κ2) is 7.07. The van der Waals surface area contributed by atoms with Crippen molar-refractivity contribution in [3.63, 3.8) is 0 Å². The van der Waals surface area contributed by atoms with Crippen molar-refractivity contribution in [3.8, 4) is 0 Å². The van der Waals surface area contributed by atoms with Gasteiger partial charge in [-0.25, -0.2) is 9.59 Å². The number of aliphatic hydroxyl groups excluding tert-OH is 1. The van der Waals surface area contributed by atoms with Crippen molar-refractivity contribution in [1.29, 1.82) is 0 Å². The molecule has 0 amide bonds. The van der Waals surface area contributed by atoms with E-state index in [-0.39, 0.29) is 19.1 Å². The van der Waals surface area contributed by atoms with Crippen LogP contribution in [0.5, 0.6) is 0 Å². The minimum absolute atomic E-state index is 0.184. The predicted molar refractivity (Wildman–Crippen MR) is 78.0 cm³/mol. The maximum Gasteiger partial charge on any atom is 0.332 e. The Balaban J connectivity index is 2.28. The van der Waals surface area contributed by atoms with Gasteiger partial charge in [-0.2, -0.15) is 0 Å². The summed E-state index contributed by atoms with van der Waals surface area (Å²) in [5.74, 6) is -0.622. The number of nitrogens with one attached hydrogen (secondary N) is 1. The van der Waals surface area contributed by atoms with Crippen LogP contribution >= 0.6 is 0 Å². The number of rotatable bonds is 5. The third-order valence-corrected chi connectivity index (χ3v) is 3.43. The Morgan fingerprint density at radius 2 is 2.30 bits per heavy atom. The van der Waals surface area contributed by atoms with Gasteiger partial charge in [-0.05, 0) is 20.7 Å². The Labute approximate surface area is 133 Å². The molecule has 128 valence electrons. The minimum atomic E-state index is -1.21. The van der Waals surface area contributed by atoms with Crippen molar-refractivity contribution in [2.45, 2.75) is 45.3 Å². The van der Waals surface area contributed by atoms with Crippen LogP contribution in [0.2, 0.25) is 0 Å². The number of hydrogen-bond donors (Lipinski definition) is 2. The number of ether oxygens (including phenoxy) is 3. The van der Waals surface area contributed by atoms with Crippen LogP contribution in [0, 0.1) is 6.92 Å². The van der Waals surface area contributed by atoms with E-state index in [1.54, 1.807) is 6.92 Å². The van der Waals surface area contributed by atoms with E-state index in [1.807, 2.05) is 0 Å². The number of esters is 1. The van der Waals surface area contributed by atoms with Gasteiger partial charge in [0.05, 0.1) is 12.7 Å². The summed E-state index contributed by atoms with van der Waals surface area (Å²) in [5.41, 5.74) is -1.000. The normalized spacial score (nSPS) is 27.7. The Bertz CT molecular complexity index is 701. The summed E-state index contributed by atoms with van der Waals surface area (Å²) >= 11 is 0. The quantitative estimate of drug-likeness (QED) is 0.670. The first-order valence-corrected chi connectivity index (χ1v) is 7.11. The van der Waals surface area contributed by atoms with Gasteiger partial charge in [0.25, 0.3) is 5.56 Å². The summed E-state index contributed by atoms with van der Waals surface area (Å²) in [4.78, 5) is 37.1. The number of aliphatic hydroxyl groups is 1. The van der Waals surface area contributed by atoms with Gasteiger partial charge in [-0.3, -0.25) is 14.3 Å². The summed E-state index contributed by atoms with van der Waals surface area (Å²) in [5, 5.41) is 10.2. The van der Waals surface area contributed by atoms with E-state index in [0.29, 0.717) is 0 Å². The Morgan fingerprint density at radius 1 is 1.57 bits per heavy atom. The maximum atomic E-state index is 12.0. The zero-order valence-electron chi connectivity index (χ0n) is 13.9. The second-order valence-corrected chi connectivity index (χ2v) is 5.11. The highest BCUT2D eigenvalue weighted by Crippen LogP contribution is 2.30. The first-order chi connectivity index (χ1) is 11.4. The summed E-state index contributed by atoms with van der Waals surface area (Å²) < 4.78 is 24.1. The SMILES string of the molecule is [2H]C[C@H]1O[C@@H](n2cc(C)c(=O)[nH]c2=O)[C@H](OCC(=O)OCC)[C@@H]1O. The zero-order valence-corrected chi connectivity index (χ0v) is 12.9. The lowest BCUT2D eigenvalue weighted by atomic mass is 10.1. The Hall–Kier alpha value is -1.97. The molecule has 4 atom stereocenters. The fourth-order valence-electron chi connectivity index (χ4n) is 2.26. The Morgan fingerprint density at radius 3 is 2.96 bits per heavy atom. The van der Waals surface area contributed by atoms with E-state index >= 15 is 0 Å². The molecule has 1 saturated heterocycles. The van der Waals surface area contributed by atoms with Crippen molar-refractivity contribution in [1.82, 2.24) is 9.55 Å². The number of carbonyl (C=O) groups is 1. The van der Waals surface area contributed by atoms with Gasteiger partial charge in [-0.1, -0.05) is 0 Å². The molecule has 0 aliphatic carbocycles. The molecule has 0 aromatic carbocycles. The van der Waals surface area contributed by atoms with Crippen LogP contribution in [0.4, 0.5) is 0 Å². The molecule has 1 aliphatic heterocycles. The fourth-order valence-corrected chi connectivity index (χ4v) is 2.26. The van der Waals surface area contributed by atoms with Crippen LogP contribution in [0.15, 0.2) is 15.8 Å². The van der Waals surface area contributed by atoms with E-state index in [4.69, 9.17) is 15.6 Å². The van der Waals surface area contributed by atoms with Gasteiger partial charge < -0.3 is 19.3 Å². The monoisotopic (exact) mass is 329 g/mol. The van der Waals surface area contributed by atoms with Gasteiger partial charge in [0, 0.05) is 13.1 Å². The van der Waals surface area contributed by atoms with Gasteiger partial charge in [0.2, 0.25) is 0 Å². The molecule has 1 aromatic heterocycles. The first kappa shape index (κ1) is 15.9. The number of hydrogen-bond acceptors (Lipinski definition) is 7. The van der Waals surface area contributed by atoms with Crippen LogP contribution < -0.4 is 11.2 Å². The zero-order chi connectivity index (χ0) is 17.9. The molecule has 0 spiro atoms. The van der Waals surface area contributed by atoms with Crippen LogP contribution in [0.1, 0.15) is 27.0 Å². The summed E-state index contributed by atoms with van der Waals surface area (Å²) in [6.45, 7) is 2.65. The van der Waals surface area contributed by atoms with E-state index in [2.05, 4.69) is 4.98 Å². The van der Waals surface area contributed by atoms with Crippen molar-refractivity contribution >= 4 is 5.97 Å². The number of nitrogens with zero attached hydrogens (tertiary/aromatic N) is 1. The number of aryl methyl sites for hydroxylation is 1. The van der Waals surface area contributed by atoms with Crippen molar-refractivity contribution in [2.24, 2.45) is 0 Å². The van der Waals surface area contributed by atoms with E-state index in [9.17, 15) is 19.5 Å². The molecule has 0 saturated carbocycles. The summed E-state index contributed by atoms with van der Waals surface area (Å²) in [7, 11) is 0. The lowest BCUT2D eigenvalue weighted by molar-refractivity contribution is -0.155. The standard InChI is InChI=1S/C14H20N2O7/c1-4-21-9(17)6-22-11-10(18)8(3)23-13(11)16-5-7(2)12(19)15-14(16)20/h5,8,10-11,13,18H,4,6H2,1-3H3,(H,15,19,20)/t8-,10-,11-,13-/m1/s1/i3D. The Kier molecular flexibility index (Phi) is 4.89. The molecule has 9 nitrogen and oxygen atoms in total. The molecule has 2 heterocycles. The lowest BCUT2D eigenvalue weighted by Gasteiger charge is -2.22. The number of carbonyl (C=O) groups excluding carboxylic acids is 1. The first-order valence-electron chi connectivity index (χ1n) is 7.81. The van der Waals surface area contributed by atoms with Crippen molar-refractivity contribution < 1.29 is 25.5 Å². The lowest BCUT2D eigenvalue weighted by Crippen LogP contribution is -2.40. The highest BCUT2D eigenvalue weighted by molar-refractivity contribution is 5.70. The summed E-state index contributed by atoms with van der Waals surface area (Å²) in [6, 6.07) is 0. The van der Waals surface area contributed by atoms with Crippen molar-refractivity contribution in [2.75, 3.05) is 13.2 Å². The maximum absolute atomic E-state index is 12.0. The molecule has 1 aliphatic rings. The molecular formula is C14H20N2O7. The average Bonchev–Trinajstić information content (AvgIpc) is 2.85. The molecule has 0 bridgehead atoms. The highest BCUT2D eigenvalue weighted by Gasteiger charge is 2.44. The summed E-state index contributed by atoms with van der Waals surface area (Å²) in [6.07, 6.45) is -2.95. The molecule has 9 heteroatoms. The molecule has 2 rings (SSSR count). The smallest absolute Gasteiger partial charge is 0.332 e. The second-order valence-electron chi connectivity index (χ2n) is 5.11. The topological polar surface area (TPSA) is 120 Å². The minimum Gasteiger partial charge on any atom is -0.464 e. The predicted octanol–water partition coefficient (Wildman–Crippen LogP) is -0.928. The fraction of sp³-hybridized carbons (Fsp3) is 0.643. The number of aromatic nitrogens is 2. The number of aromatic amines is 1. The number of H-pyrrole nitrogens is 1. The van der Waals surface area contributed by atoms with Crippen molar-refractivity contribution in [3.05, 3.63) is 32.6 Å². The molecule has 1 fully saturated rings. The van der Waals surface area contributed by atoms with Gasteiger partial charge in [-0.15, -0.1) is 0 Å². The average molecular weight is 329 g/mol. The van der Waals surface area contributed by atoms with Crippen LogP contribution in [-0.2, 0) is 19.0 Å².